The first kappa shape index (κ1) is 11.7. The Labute approximate surface area is 118 Å². The van der Waals surface area contributed by atoms with Crippen molar-refractivity contribution in [2.45, 2.75) is 0 Å². The smallest absolute Gasteiger partial charge is 0.155 e. The lowest BCUT2D eigenvalue weighted by Crippen LogP contribution is -2.03. The summed E-state index contributed by atoms with van der Waals surface area (Å²) in [7, 11) is 0. The van der Waals surface area contributed by atoms with Crippen LogP contribution in [0.15, 0.2) is 64.7 Å². The van der Waals surface area contributed by atoms with Crippen LogP contribution in [0.4, 0.5) is 0 Å². The van der Waals surface area contributed by atoms with E-state index in [1.54, 1.807) is 18.6 Å². The van der Waals surface area contributed by atoms with Crippen LogP contribution < -0.4 is 5.36 Å². The van der Waals surface area contributed by atoms with Crippen LogP contribution in [0, 0.1) is 0 Å². The lowest BCUT2D eigenvalue weighted by atomic mass is 10.2. The first-order valence-corrected chi connectivity index (χ1v) is 6.35. The highest BCUT2D eigenvalue weighted by Crippen LogP contribution is 2.21. The van der Waals surface area contributed by atoms with Gasteiger partial charge in [0.2, 0.25) is 0 Å². The van der Waals surface area contributed by atoms with E-state index in [-0.39, 0.29) is 0 Å². The van der Waals surface area contributed by atoms with E-state index in [9.17, 15) is 5.21 Å². The molecule has 3 aromatic heterocycles. The van der Waals surface area contributed by atoms with Crippen molar-refractivity contribution >= 4 is 16.6 Å². The molecule has 0 bridgehead atoms. The van der Waals surface area contributed by atoms with Crippen LogP contribution >= 0.6 is 0 Å². The maximum Gasteiger partial charge on any atom is 0.155 e. The van der Waals surface area contributed by atoms with Gasteiger partial charge in [0.15, 0.2) is 5.76 Å². The standard InChI is InChI=1S/C15H10N4O2/c20-18-11-7-14(21-13-4-2-1-3-10(11)13)12-8-15-16-5-6-19(15)9-17-12/h1-9,20H. The largest absolute Gasteiger partial charge is 0.454 e. The quantitative estimate of drug-likeness (QED) is 0.428. The summed E-state index contributed by atoms with van der Waals surface area (Å²) in [5, 5.41) is 13.7. The van der Waals surface area contributed by atoms with Crippen molar-refractivity contribution in [3.63, 3.8) is 0 Å². The predicted molar refractivity (Wildman–Crippen MR) is 75.5 cm³/mol. The third-order valence-electron chi connectivity index (χ3n) is 3.30. The zero-order valence-corrected chi connectivity index (χ0v) is 10.8. The van der Waals surface area contributed by atoms with E-state index in [2.05, 4.69) is 15.1 Å². The second kappa shape index (κ2) is 4.45. The number of rotatable bonds is 1. The summed E-state index contributed by atoms with van der Waals surface area (Å²) < 4.78 is 7.65. The van der Waals surface area contributed by atoms with E-state index in [1.165, 1.54) is 0 Å². The van der Waals surface area contributed by atoms with Crippen molar-refractivity contribution in [3.8, 4) is 11.5 Å². The van der Waals surface area contributed by atoms with Crippen molar-refractivity contribution in [3.05, 3.63) is 60.5 Å². The number of para-hydroxylation sites is 1. The second-order valence-electron chi connectivity index (χ2n) is 4.56. The van der Waals surface area contributed by atoms with Crippen LogP contribution in [0.25, 0.3) is 28.1 Å². The molecule has 0 saturated carbocycles. The van der Waals surface area contributed by atoms with Gasteiger partial charge >= 0.3 is 0 Å². The van der Waals surface area contributed by atoms with E-state index in [1.807, 2.05) is 40.9 Å². The van der Waals surface area contributed by atoms with Gasteiger partial charge in [0, 0.05) is 29.9 Å². The molecule has 0 unspecified atom stereocenters. The van der Waals surface area contributed by atoms with Crippen LogP contribution in [0.5, 0.6) is 0 Å². The highest BCUT2D eigenvalue weighted by atomic mass is 16.4. The van der Waals surface area contributed by atoms with Crippen LogP contribution in [0.2, 0.25) is 0 Å². The Hall–Kier alpha value is -3.15. The number of imidazole rings is 1. The second-order valence-corrected chi connectivity index (χ2v) is 4.56. The lowest BCUT2D eigenvalue weighted by molar-refractivity contribution is 0.302. The van der Waals surface area contributed by atoms with Gasteiger partial charge in [0.05, 0.1) is 0 Å². The Bertz CT molecular complexity index is 1020. The zero-order valence-electron chi connectivity index (χ0n) is 10.8. The average molecular weight is 278 g/mol. The van der Waals surface area contributed by atoms with Crippen LogP contribution in [0.1, 0.15) is 0 Å². The van der Waals surface area contributed by atoms with Crippen LogP contribution in [0.3, 0.4) is 0 Å². The number of hydrogen-bond donors (Lipinski definition) is 1. The van der Waals surface area contributed by atoms with Gasteiger partial charge in [0.1, 0.15) is 28.6 Å². The molecule has 0 amide bonds. The third kappa shape index (κ3) is 1.85. The van der Waals surface area contributed by atoms with Gasteiger partial charge in [-0.1, -0.05) is 17.3 Å². The van der Waals surface area contributed by atoms with Crippen molar-refractivity contribution in [1.29, 1.82) is 0 Å². The molecule has 0 spiro atoms. The monoisotopic (exact) mass is 278 g/mol. The molecule has 0 radical (unpaired) electrons. The molecule has 4 aromatic rings. The molecule has 6 nitrogen and oxygen atoms in total. The number of aromatic nitrogens is 3. The van der Waals surface area contributed by atoms with Gasteiger partial charge in [-0.2, -0.15) is 0 Å². The Kier molecular flexibility index (Phi) is 2.47. The first-order chi connectivity index (χ1) is 10.3. The SMILES string of the molecule is ON=c1cc(-c2cc3nccn3cn2)oc2ccccc12. The fraction of sp³-hybridized carbons (Fsp3) is 0. The molecule has 102 valence electrons. The van der Waals surface area contributed by atoms with E-state index >= 15 is 0 Å². The summed E-state index contributed by atoms with van der Waals surface area (Å²) in [6.45, 7) is 0. The maximum atomic E-state index is 9.19. The fourth-order valence-electron chi connectivity index (χ4n) is 2.28. The topological polar surface area (TPSA) is 75.9 Å². The van der Waals surface area contributed by atoms with Gasteiger partial charge in [-0.05, 0) is 12.1 Å². The maximum absolute atomic E-state index is 9.19. The van der Waals surface area contributed by atoms with Crippen LogP contribution in [-0.2, 0) is 0 Å². The van der Waals surface area contributed by atoms with Crippen molar-refractivity contribution in [1.82, 2.24) is 14.4 Å². The van der Waals surface area contributed by atoms with Gasteiger partial charge in [-0.3, -0.25) is 4.40 Å². The van der Waals surface area contributed by atoms with E-state index in [4.69, 9.17) is 4.42 Å². The summed E-state index contributed by atoms with van der Waals surface area (Å²) in [4.78, 5) is 8.56. The van der Waals surface area contributed by atoms with Gasteiger partial charge in [0.25, 0.3) is 0 Å². The predicted octanol–water partition coefficient (Wildman–Crippen LogP) is 2.43. The zero-order chi connectivity index (χ0) is 14.2. The molecule has 0 saturated heterocycles. The Morgan fingerprint density at radius 3 is 2.95 bits per heavy atom. The molecule has 0 atom stereocenters. The molecule has 4 rings (SSSR count). The number of nitrogens with zero attached hydrogens (tertiary/aromatic N) is 4. The highest BCUT2D eigenvalue weighted by Gasteiger charge is 2.08. The highest BCUT2D eigenvalue weighted by molar-refractivity contribution is 5.78. The Balaban J connectivity index is 2.01. The number of hydrogen-bond acceptors (Lipinski definition) is 5. The molecule has 0 aliphatic heterocycles. The molecule has 0 fully saturated rings. The average Bonchev–Trinajstić information content (AvgIpc) is 3.01. The summed E-state index contributed by atoms with van der Waals surface area (Å²) >= 11 is 0. The van der Waals surface area contributed by atoms with Gasteiger partial charge in [-0.25, -0.2) is 9.97 Å². The molecular formula is C15H10N4O2. The number of fused-ring (bicyclic) bond motifs is 2. The van der Waals surface area contributed by atoms with Crippen molar-refractivity contribution in [2.24, 2.45) is 5.16 Å². The van der Waals surface area contributed by atoms with Gasteiger partial charge < -0.3 is 9.62 Å². The molecule has 0 aliphatic carbocycles. The molecule has 1 N–H and O–H groups in total. The third-order valence-corrected chi connectivity index (χ3v) is 3.30. The van der Waals surface area contributed by atoms with Gasteiger partial charge in [-0.15, -0.1) is 0 Å². The molecule has 1 aromatic carbocycles. The molecule has 0 aliphatic rings. The van der Waals surface area contributed by atoms with E-state index < -0.39 is 0 Å². The minimum Gasteiger partial charge on any atom is -0.454 e. The molecular weight excluding hydrogens is 268 g/mol. The van der Waals surface area contributed by atoms with E-state index in [0.29, 0.717) is 22.4 Å². The van der Waals surface area contributed by atoms with Crippen LogP contribution in [-0.4, -0.2) is 19.6 Å². The Morgan fingerprint density at radius 2 is 2.05 bits per heavy atom. The summed E-state index contributed by atoms with van der Waals surface area (Å²) in [5.74, 6) is 0.520. The molecule has 3 heterocycles. The lowest BCUT2D eigenvalue weighted by Gasteiger charge is -2.03. The van der Waals surface area contributed by atoms with Crippen molar-refractivity contribution < 1.29 is 9.62 Å². The fourth-order valence-corrected chi connectivity index (χ4v) is 2.28. The summed E-state index contributed by atoms with van der Waals surface area (Å²) in [6, 6.07) is 10.9. The normalized spacial score (nSPS) is 12.3. The molecule has 6 heteroatoms. The minimum absolute atomic E-state index is 0.442. The first-order valence-electron chi connectivity index (χ1n) is 6.35. The van der Waals surface area contributed by atoms with Crippen molar-refractivity contribution in [2.75, 3.05) is 0 Å². The summed E-state index contributed by atoms with van der Waals surface area (Å²) in [6.07, 6.45) is 5.18. The van der Waals surface area contributed by atoms with E-state index in [0.717, 1.165) is 11.0 Å². The molecule has 21 heavy (non-hydrogen) atoms. The number of benzene rings is 1. The minimum atomic E-state index is 0.442. The Morgan fingerprint density at radius 1 is 1.14 bits per heavy atom. The summed E-state index contributed by atoms with van der Waals surface area (Å²) in [5.41, 5.74) is 2.03.